The Hall–Kier alpha value is -1.44. The third-order valence-electron chi connectivity index (χ3n) is 4.42. The Balaban J connectivity index is 1.99. The second-order valence-electron chi connectivity index (χ2n) is 6.58. The number of carbonyl (C=O) groups is 1. The summed E-state index contributed by atoms with van der Waals surface area (Å²) in [4.78, 5) is 16.9. The van der Waals surface area contributed by atoms with Gasteiger partial charge in [-0.25, -0.2) is 0 Å². The van der Waals surface area contributed by atoms with Gasteiger partial charge in [0.2, 0.25) is 5.91 Å². The van der Waals surface area contributed by atoms with Crippen LogP contribution >= 0.6 is 0 Å². The van der Waals surface area contributed by atoms with Gasteiger partial charge in [0.15, 0.2) is 0 Å². The van der Waals surface area contributed by atoms with Gasteiger partial charge < -0.3 is 15.0 Å². The lowest BCUT2D eigenvalue weighted by molar-refractivity contribution is -0.124. The van der Waals surface area contributed by atoms with E-state index in [4.69, 9.17) is 4.74 Å². The first-order valence-electron chi connectivity index (χ1n) is 8.11. The van der Waals surface area contributed by atoms with Crippen molar-refractivity contribution in [3.8, 4) is 0 Å². The van der Waals surface area contributed by atoms with Crippen LogP contribution in [0.3, 0.4) is 0 Å². The zero-order valence-corrected chi connectivity index (χ0v) is 15.1. The van der Waals surface area contributed by atoms with E-state index in [2.05, 4.69) is 20.2 Å². The second-order valence-corrected chi connectivity index (χ2v) is 6.58. The van der Waals surface area contributed by atoms with Gasteiger partial charge in [-0.3, -0.25) is 14.4 Å². The van der Waals surface area contributed by atoms with E-state index < -0.39 is 0 Å². The fourth-order valence-corrected chi connectivity index (χ4v) is 2.96. The average Bonchev–Trinajstić information content (AvgIpc) is 2.72. The van der Waals surface area contributed by atoms with E-state index in [0.29, 0.717) is 6.61 Å². The zero-order valence-electron chi connectivity index (χ0n) is 15.1. The predicted octanol–water partition coefficient (Wildman–Crippen LogP) is 0.626. The molecule has 1 aliphatic heterocycles. The fraction of sp³-hybridized carbons (Fsp3) is 0.750. The molecule has 1 amide bonds. The fourth-order valence-electron chi connectivity index (χ4n) is 2.96. The molecular formula is C16H29N5O2. The van der Waals surface area contributed by atoms with Crippen molar-refractivity contribution >= 4 is 11.6 Å². The minimum atomic E-state index is -0.192. The summed E-state index contributed by atoms with van der Waals surface area (Å²) < 4.78 is 7.57. The summed E-state index contributed by atoms with van der Waals surface area (Å²) in [5.74, 6) is 0.00898. The lowest BCUT2D eigenvalue weighted by Crippen LogP contribution is -2.52. The van der Waals surface area contributed by atoms with E-state index in [1.165, 1.54) is 0 Å². The molecule has 1 aromatic rings. The zero-order chi connectivity index (χ0) is 17.1. The number of carbonyl (C=O) groups excluding carboxylic acids is 1. The van der Waals surface area contributed by atoms with Crippen molar-refractivity contribution in [3.05, 3.63) is 11.4 Å². The van der Waals surface area contributed by atoms with Gasteiger partial charge in [0.05, 0.1) is 35.8 Å². The van der Waals surface area contributed by atoms with Gasteiger partial charge in [-0.05, 0) is 34.9 Å². The summed E-state index contributed by atoms with van der Waals surface area (Å²) in [7, 11) is 5.95. The standard InChI is InChI=1S/C16H29N5O2/c1-11-15(12(2)20(6)18-11)17-16(22)13(3)21-7-8-23-14(10-21)9-19(4)5/h13-14H,7-10H2,1-6H3,(H,17,22)/t13-,14+/m0/s1. The molecule has 7 nitrogen and oxygen atoms in total. The Bertz CT molecular complexity index is 555. The predicted molar refractivity (Wildman–Crippen MR) is 90.6 cm³/mol. The molecule has 2 rings (SSSR count). The van der Waals surface area contributed by atoms with Gasteiger partial charge >= 0.3 is 0 Å². The largest absolute Gasteiger partial charge is 0.374 e. The maximum absolute atomic E-state index is 12.6. The number of nitrogens with one attached hydrogen (secondary N) is 1. The summed E-state index contributed by atoms with van der Waals surface area (Å²) in [6.45, 7) is 8.92. The minimum absolute atomic E-state index is 0.00898. The van der Waals surface area contributed by atoms with Crippen LogP contribution in [0.15, 0.2) is 0 Å². The van der Waals surface area contributed by atoms with Crippen molar-refractivity contribution in [1.82, 2.24) is 19.6 Å². The first-order valence-corrected chi connectivity index (χ1v) is 8.11. The molecule has 0 aliphatic carbocycles. The summed E-state index contributed by atoms with van der Waals surface area (Å²) in [6.07, 6.45) is 0.149. The van der Waals surface area contributed by atoms with Crippen molar-refractivity contribution in [1.29, 1.82) is 0 Å². The van der Waals surface area contributed by atoms with Gasteiger partial charge in [-0.1, -0.05) is 0 Å². The third-order valence-corrected chi connectivity index (χ3v) is 4.42. The molecule has 0 radical (unpaired) electrons. The Kier molecular flexibility index (Phi) is 5.78. The molecule has 1 saturated heterocycles. The Morgan fingerprint density at radius 3 is 2.74 bits per heavy atom. The molecule has 2 heterocycles. The van der Waals surface area contributed by atoms with E-state index in [1.54, 1.807) is 4.68 Å². The highest BCUT2D eigenvalue weighted by atomic mass is 16.5. The molecule has 1 fully saturated rings. The topological polar surface area (TPSA) is 62.6 Å². The molecule has 0 unspecified atom stereocenters. The number of hydrogen-bond acceptors (Lipinski definition) is 5. The molecule has 0 bridgehead atoms. The monoisotopic (exact) mass is 323 g/mol. The van der Waals surface area contributed by atoms with Crippen LogP contribution in [0.2, 0.25) is 0 Å². The van der Waals surface area contributed by atoms with Crippen molar-refractivity contribution in [3.63, 3.8) is 0 Å². The first kappa shape index (κ1) is 17.9. The van der Waals surface area contributed by atoms with Crippen LogP contribution in [0, 0.1) is 13.8 Å². The normalized spacial score (nSPS) is 20.7. The molecule has 1 aromatic heterocycles. The molecule has 130 valence electrons. The minimum Gasteiger partial charge on any atom is -0.374 e. The highest BCUT2D eigenvalue weighted by molar-refractivity contribution is 5.95. The molecule has 1 aliphatic rings. The molecule has 0 saturated carbocycles. The van der Waals surface area contributed by atoms with E-state index in [0.717, 1.165) is 36.7 Å². The number of likely N-dealkylation sites (N-methyl/N-ethyl adjacent to an activating group) is 1. The quantitative estimate of drug-likeness (QED) is 0.861. The number of rotatable bonds is 5. The molecule has 0 aromatic carbocycles. The van der Waals surface area contributed by atoms with E-state index in [9.17, 15) is 4.79 Å². The number of aryl methyl sites for hydroxylation is 2. The van der Waals surface area contributed by atoms with Crippen LogP contribution in [0.4, 0.5) is 5.69 Å². The van der Waals surface area contributed by atoms with E-state index in [1.807, 2.05) is 41.9 Å². The van der Waals surface area contributed by atoms with Gasteiger partial charge in [0, 0.05) is 26.7 Å². The van der Waals surface area contributed by atoms with Crippen molar-refractivity contribution in [2.75, 3.05) is 45.7 Å². The number of ether oxygens (including phenoxy) is 1. The van der Waals surface area contributed by atoms with Gasteiger partial charge in [-0.15, -0.1) is 0 Å². The molecule has 2 atom stereocenters. The van der Waals surface area contributed by atoms with Crippen molar-refractivity contribution in [2.45, 2.75) is 32.9 Å². The third kappa shape index (κ3) is 4.31. The second kappa shape index (κ2) is 7.42. The number of anilines is 1. The first-order chi connectivity index (χ1) is 10.8. The SMILES string of the molecule is Cc1nn(C)c(C)c1NC(=O)[C@H](C)N1CCO[C@H](CN(C)C)C1. The van der Waals surface area contributed by atoms with Crippen molar-refractivity contribution < 1.29 is 9.53 Å². The Labute approximate surface area is 138 Å². The highest BCUT2D eigenvalue weighted by Gasteiger charge is 2.28. The number of morpholine rings is 1. The van der Waals surface area contributed by atoms with Crippen LogP contribution in [0.25, 0.3) is 0 Å². The van der Waals surface area contributed by atoms with Crippen LogP contribution in [0.1, 0.15) is 18.3 Å². The summed E-state index contributed by atoms with van der Waals surface area (Å²) >= 11 is 0. The van der Waals surface area contributed by atoms with E-state index >= 15 is 0 Å². The lowest BCUT2D eigenvalue weighted by atomic mass is 10.2. The molecule has 0 spiro atoms. The molecule has 1 N–H and O–H groups in total. The lowest BCUT2D eigenvalue weighted by Gasteiger charge is -2.37. The molecular weight excluding hydrogens is 294 g/mol. The summed E-state index contributed by atoms with van der Waals surface area (Å²) in [5.41, 5.74) is 2.64. The average molecular weight is 323 g/mol. The number of amides is 1. The van der Waals surface area contributed by atoms with Gasteiger partial charge in [-0.2, -0.15) is 5.10 Å². The number of aromatic nitrogens is 2. The smallest absolute Gasteiger partial charge is 0.241 e. The van der Waals surface area contributed by atoms with Crippen LogP contribution < -0.4 is 5.32 Å². The molecule has 7 heteroatoms. The number of nitrogens with zero attached hydrogens (tertiary/aromatic N) is 4. The van der Waals surface area contributed by atoms with Gasteiger partial charge in [0.25, 0.3) is 0 Å². The summed E-state index contributed by atoms with van der Waals surface area (Å²) in [6, 6.07) is -0.192. The van der Waals surface area contributed by atoms with Crippen LogP contribution in [-0.4, -0.2) is 78.0 Å². The maximum Gasteiger partial charge on any atom is 0.241 e. The Morgan fingerprint density at radius 1 is 1.48 bits per heavy atom. The molecule has 23 heavy (non-hydrogen) atoms. The Morgan fingerprint density at radius 2 is 2.17 bits per heavy atom. The van der Waals surface area contributed by atoms with Crippen molar-refractivity contribution in [2.24, 2.45) is 7.05 Å². The summed E-state index contributed by atoms with van der Waals surface area (Å²) in [5, 5.41) is 7.38. The number of hydrogen-bond donors (Lipinski definition) is 1. The van der Waals surface area contributed by atoms with Gasteiger partial charge in [0.1, 0.15) is 0 Å². The highest BCUT2D eigenvalue weighted by Crippen LogP contribution is 2.19. The van der Waals surface area contributed by atoms with Crippen LogP contribution in [-0.2, 0) is 16.6 Å². The maximum atomic E-state index is 12.6. The van der Waals surface area contributed by atoms with E-state index in [-0.39, 0.29) is 18.1 Å². The van der Waals surface area contributed by atoms with Crippen LogP contribution in [0.5, 0.6) is 0 Å².